The van der Waals surface area contributed by atoms with E-state index in [1.54, 1.807) is 32.4 Å². The van der Waals surface area contributed by atoms with Gasteiger partial charge in [0.05, 0.1) is 20.8 Å². The molecule has 0 aliphatic carbocycles. The number of hydrogen-bond donors (Lipinski definition) is 0. The molecule has 1 aromatic carbocycles. The van der Waals surface area contributed by atoms with Crippen LogP contribution in [0.4, 0.5) is 0 Å². The van der Waals surface area contributed by atoms with Crippen LogP contribution in [0, 0.1) is 0 Å². The molecule has 1 aromatic rings. The second-order valence-electron chi connectivity index (χ2n) is 5.97. The maximum absolute atomic E-state index is 11.8. The Morgan fingerprint density at radius 1 is 1.13 bits per heavy atom. The summed E-state index contributed by atoms with van der Waals surface area (Å²) in [4.78, 5) is 11.8. The van der Waals surface area contributed by atoms with Crippen LogP contribution >= 0.6 is 0 Å². The molecular formula is C18H26O5. The van der Waals surface area contributed by atoms with Crippen molar-refractivity contribution < 1.29 is 23.7 Å². The first-order valence-corrected chi connectivity index (χ1v) is 7.60. The lowest BCUT2D eigenvalue weighted by Gasteiger charge is -2.18. The van der Waals surface area contributed by atoms with Gasteiger partial charge in [0, 0.05) is 6.08 Å². The van der Waals surface area contributed by atoms with E-state index in [9.17, 15) is 4.79 Å². The highest BCUT2D eigenvalue weighted by Gasteiger charge is 2.15. The molecule has 0 saturated heterocycles. The fraction of sp³-hybridized carbons (Fsp3) is 0.500. The van der Waals surface area contributed by atoms with Gasteiger partial charge in [-0.15, -0.1) is 0 Å². The van der Waals surface area contributed by atoms with Gasteiger partial charge in [0.1, 0.15) is 5.60 Å². The number of hydrogen-bond acceptors (Lipinski definition) is 5. The van der Waals surface area contributed by atoms with Crippen LogP contribution in [0.1, 0.15) is 39.7 Å². The van der Waals surface area contributed by atoms with E-state index in [2.05, 4.69) is 0 Å². The van der Waals surface area contributed by atoms with Gasteiger partial charge in [-0.05, 0) is 51.0 Å². The summed E-state index contributed by atoms with van der Waals surface area (Å²) in [5.41, 5.74) is 0.239. The molecule has 0 aromatic heterocycles. The lowest BCUT2D eigenvalue weighted by molar-refractivity contribution is -0.148. The molecule has 128 valence electrons. The Morgan fingerprint density at radius 3 is 2.13 bits per heavy atom. The first-order chi connectivity index (χ1) is 10.8. The number of rotatable bonds is 7. The van der Waals surface area contributed by atoms with Crippen LogP contribution in [-0.4, -0.2) is 32.4 Å². The summed E-state index contributed by atoms with van der Waals surface area (Å²) in [5.74, 6) is 1.27. The standard InChI is InChI=1S/C18H26O5/c1-7-10-22-17-14(20-5)11-13(12-15(17)21-6)8-9-16(19)23-18(2,3)4/h8-9,11-12H,7,10H2,1-6H3/b9-8+. The van der Waals surface area contributed by atoms with Gasteiger partial charge in [-0.25, -0.2) is 4.79 Å². The SMILES string of the molecule is CCCOc1c(OC)cc(/C=C/C(=O)OC(C)(C)C)cc1OC. The Balaban J connectivity index is 3.02. The molecule has 0 spiro atoms. The molecule has 0 amide bonds. The number of carbonyl (C=O) groups excluding carboxylic acids is 1. The van der Waals surface area contributed by atoms with E-state index in [-0.39, 0.29) is 0 Å². The maximum atomic E-state index is 11.8. The molecule has 5 nitrogen and oxygen atoms in total. The molecule has 0 saturated carbocycles. The van der Waals surface area contributed by atoms with E-state index in [1.165, 1.54) is 6.08 Å². The zero-order valence-corrected chi connectivity index (χ0v) is 14.8. The van der Waals surface area contributed by atoms with Gasteiger partial charge in [-0.2, -0.15) is 0 Å². The topological polar surface area (TPSA) is 54.0 Å². The smallest absolute Gasteiger partial charge is 0.331 e. The van der Waals surface area contributed by atoms with E-state index in [0.29, 0.717) is 23.9 Å². The predicted molar refractivity (Wildman–Crippen MR) is 90.2 cm³/mol. The summed E-state index contributed by atoms with van der Waals surface area (Å²) in [5, 5.41) is 0. The average Bonchev–Trinajstić information content (AvgIpc) is 2.48. The third-order valence-electron chi connectivity index (χ3n) is 2.75. The van der Waals surface area contributed by atoms with Crippen LogP contribution < -0.4 is 14.2 Å². The van der Waals surface area contributed by atoms with Gasteiger partial charge in [-0.3, -0.25) is 0 Å². The fourth-order valence-electron chi connectivity index (χ4n) is 1.84. The molecule has 0 N–H and O–H groups in total. The summed E-state index contributed by atoms with van der Waals surface area (Å²) in [6.07, 6.45) is 3.92. The molecule has 0 aliphatic rings. The van der Waals surface area contributed by atoms with Crippen molar-refractivity contribution in [3.8, 4) is 17.2 Å². The van der Waals surface area contributed by atoms with Crippen LogP contribution in [0.2, 0.25) is 0 Å². The largest absolute Gasteiger partial charge is 0.493 e. The van der Waals surface area contributed by atoms with E-state index < -0.39 is 11.6 Å². The number of esters is 1. The Morgan fingerprint density at radius 2 is 1.70 bits per heavy atom. The second kappa shape index (κ2) is 8.46. The lowest BCUT2D eigenvalue weighted by atomic mass is 10.1. The minimum absolute atomic E-state index is 0.401. The van der Waals surface area contributed by atoms with Gasteiger partial charge in [-0.1, -0.05) is 6.92 Å². The first kappa shape index (κ1) is 18.9. The molecule has 0 bridgehead atoms. The Labute approximate surface area is 138 Å². The maximum Gasteiger partial charge on any atom is 0.331 e. The van der Waals surface area contributed by atoms with Crippen molar-refractivity contribution in [3.05, 3.63) is 23.8 Å². The normalized spacial score (nSPS) is 11.4. The van der Waals surface area contributed by atoms with Gasteiger partial charge in [0.15, 0.2) is 11.5 Å². The highest BCUT2D eigenvalue weighted by atomic mass is 16.6. The quantitative estimate of drug-likeness (QED) is 0.564. The molecule has 0 radical (unpaired) electrons. The van der Waals surface area contributed by atoms with E-state index >= 15 is 0 Å². The fourth-order valence-corrected chi connectivity index (χ4v) is 1.84. The lowest BCUT2D eigenvalue weighted by Crippen LogP contribution is -2.22. The van der Waals surface area contributed by atoms with Crippen molar-refractivity contribution in [1.82, 2.24) is 0 Å². The summed E-state index contributed by atoms with van der Waals surface area (Å²) in [6, 6.07) is 3.57. The van der Waals surface area contributed by atoms with Crippen LogP contribution in [0.5, 0.6) is 17.2 Å². The Hall–Kier alpha value is -2.17. The van der Waals surface area contributed by atoms with Crippen LogP contribution in [-0.2, 0) is 9.53 Å². The van der Waals surface area contributed by atoms with Crippen LogP contribution in [0.15, 0.2) is 18.2 Å². The van der Waals surface area contributed by atoms with E-state index in [4.69, 9.17) is 18.9 Å². The number of carbonyl (C=O) groups is 1. The minimum Gasteiger partial charge on any atom is -0.493 e. The predicted octanol–water partition coefficient (Wildman–Crippen LogP) is 3.85. The molecule has 5 heteroatoms. The third kappa shape index (κ3) is 6.22. The highest BCUT2D eigenvalue weighted by molar-refractivity contribution is 5.87. The van der Waals surface area contributed by atoms with Crippen molar-refractivity contribution in [2.75, 3.05) is 20.8 Å². The number of methoxy groups -OCH3 is 2. The van der Waals surface area contributed by atoms with Gasteiger partial charge < -0.3 is 18.9 Å². The Kier molecular flexibility index (Phi) is 6.94. The van der Waals surface area contributed by atoms with E-state index in [1.807, 2.05) is 27.7 Å². The molecular weight excluding hydrogens is 296 g/mol. The molecule has 0 aliphatic heterocycles. The summed E-state index contributed by atoms with van der Waals surface area (Å²) in [6.45, 7) is 8.07. The monoisotopic (exact) mass is 322 g/mol. The second-order valence-corrected chi connectivity index (χ2v) is 5.97. The van der Waals surface area contributed by atoms with Crippen molar-refractivity contribution >= 4 is 12.0 Å². The van der Waals surface area contributed by atoms with Gasteiger partial charge in [0.25, 0.3) is 0 Å². The third-order valence-corrected chi connectivity index (χ3v) is 2.75. The summed E-state index contributed by atoms with van der Waals surface area (Å²) >= 11 is 0. The van der Waals surface area contributed by atoms with Crippen molar-refractivity contribution in [2.45, 2.75) is 39.7 Å². The van der Waals surface area contributed by atoms with Crippen molar-refractivity contribution in [1.29, 1.82) is 0 Å². The zero-order valence-electron chi connectivity index (χ0n) is 14.8. The highest BCUT2D eigenvalue weighted by Crippen LogP contribution is 2.39. The van der Waals surface area contributed by atoms with E-state index in [0.717, 1.165) is 12.0 Å². The average molecular weight is 322 g/mol. The number of benzene rings is 1. The van der Waals surface area contributed by atoms with Gasteiger partial charge >= 0.3 is 5.97 Å². The number of ether oxygens (including phenoxy) is 4. The van der Waals surface area contributed by atoms with Crippen molar-refractivity contribution in [2.24, 2.45) is 0 Å². The molecule has 0 heterocycles. The molecule has 0 atom stereocenters. The molecule has 1 rings (SSSR count). The van der Waals surface area contributed by atoms with Crippen LogP contribution in [0.3, 0.4) is 0 Å². The molecule has 23 heavy (non-hydrogen) atoms. The molecule has 0 fully saturated rings. The first-order valence-electron chi connectivity index (χ1n) is 7.60. The van der Waals surface area contributed by atoms with Crippen LogP contribution in [0.25, 0.3) is 6.08 Å². The molecule has 0 unspecified atom stereocenters. The zero-order chi connectivity index (χ0) is 17.5. The minimum atomic E-state index is -0.519. The summed E-state index contributed by atoms with van der Waals surface area (Å²) in [7, 11) is 3.13. The van der Waals surface area contributed by atoms with Crippen molar-refractivity contribution in [3.63, 3.8) is 0 Å². The Bertz CT molecular complexity index is 530. The van der Waals surface area contributed by atoms with Gasteiger partial charge in [0.2, 0.25) is 5.75 Å². The summed E-state index contributed by atoms with van der Waals surface area (Å²) < 4.78 is 21.6.